The SMILES string of the molecule is COCCNC(=O)CSC1=Nc2ccccc2C2=NC(Cc3ccccc3)C(=O)N12. The number of para-hydroxylation sites is 1. The number of ether oxygens (including phenoxy) is 1. The molecule has 0 aromatic heterocycles. The van der Waals surface area contributed by atoms with Crippen LogP contribution in [-0.4, -0.2) is 59.8 Å². The van der Waals surface area contributed by atoms with Crippen molar-refractivity contribution in [3.8, 4) is 0 Å². The molecular weight excluding hydrogens is 400 g/mol. The van der Waals surface area contributed by atoms with Crippen LogP contribution in [-0.2, 0) is 20.7 Å². The van der Waals surface area contributed by atoms with Crippen molar-refractivity contribution in [3.63, 3.8) is 0 Å². The van der Waals surface area contributed by atoms with Gasteiger partial charge in [0.05, 0.1) is 18.0 Å². The molecule has 2 amide bonds. The number of fused-ring (bicyclic) bond motifs is 3. The number of carbonyl (C=O) groups is 2. The Bertz CT molecular complexity index is 1010. The quantitative estimate of drug-likeness (QED) is 0.695. The molecule has 1 unspecified atom stereocenters. The average Bonchev–Trinajstić information content (AvgIpc) is 3.09. The van der Waals surface area contributed by atoms with Gasteiger partial charge in [0, 0.05) is 25.6 Å². The molecule has 0 saturated heterocycles. The van der Waals surface area contributed by atoms with Gasteiger partial charge in [0.1, 0.15) is 11.9 Å². The van der Waals surface area contributed by atoms with Gasteiger partial charge in [0.25, 0.3) is 5.91 Å². The Morgan fingerprint density at radius 2 is 1.93 bits per heavy atom. The van der Waals surface area contributed by atoms with Gasteiger partial charge in [-0.2, -0.15) is 0 Å². The molecule has 154 valence electrons. The molecule has 0 saturated carbocycles. The van der Waals surface area contributed by atoms with Crippen molar-refractivity contribution < 1.29 is 14.3 Å². The van der Waals surface area contributed by atoms with E-state index in [4.69, 9.17) is 9.73 Å². The molecule has 2 aliphatic rings. The first-order valence-electron chi connectivity index (χ1n) is 9.69. The first-order valence-corrected chi connectivity index (χ1v) is 10.7. The molecule has 8 heteroatoms. The summed E-state index contributed by atoms with van der Waals surface area (Å²) < 4.78 is 4.94. The van der Waals surface area contributed by atoms with Crippen LogP contribution >= 0.6 is 11.8 Å². The lowest BCUT2D eigenvalue weighted by molar-refractivity contribution is -0.124. The van der Waals surface area contributed by atoms with Crippen LogP contribution in [0.25, 0.3) is 0 Å². The summed E-state index contributed by atoms with van der Waals surface area (Å²) in [6.45, 7) is 0.896. The summed E-state index contributed by atoms with van der Waals surface area (Å²) in [5.41, 5.74) is 2.63. The van der Waals surface area contributed by atoms with Crippen LogP contribution in [0.4, 0.5) is 5.69 Å². The van der Waals surface area contributed by atoms with Gasteiger partial charge in [0.2, 0.25) is 5.91 Å². The zero-order chi connectivity index (χ0) is 20.9. The molecule has 0 spiro atoms. The minimum atomic E-state index is -0.505. The molecule has 2 aliphatic heterocycles. The standard InChI is InChI=1S/C22H22N4O3S/c1-29-12-11-23-19(27)14-30-22-25-17-10-6-5-9-16(17)20-24-18(21(28)26(20)22)13-15-7-3-2-4-8-15/h2-10,18H,11-14H2,1H3,(H,23,27). The van der Waals surface area contributed by atoms with Gasteiger partial charge in [-0.15, -0.1) is 0 Å². The molecule has 0 aliphatic carbocycles. The Morgan fingerprint density at radius 3 is 2.73 bits per heavy atom. The predicted molar refractivity (Wildman–Crippen MR) is 118 cm³/mol. The average molecular weight is 423 g/mol. The maximum absolute atomic E-state index is 13.2. The van der Waals surface area contributed by atoms with E-state index in [2.05, 4.69) is 10.3 Å². The molecule has 2 heterocycles. The molecule has 0 bridgehead atoms. The van der Waals surface area contributed by atoms with Crippen LogP contribution in [0.1, 0.15) is 11.1 Å². The Morgan fingerprint density at radius 1 is 1.17 bits per heavy atom. The second-order valence-electron chi connectivity index (χ2n) is 6.87. The third kappa shape index (κ3) is 4.29. The van der Waals surface area contributed by atoms with Crippen molar-refractivity contribution in [2.24, 2.45) is 9.98 Å². The largest absolute Gasteiger partial charge is 0.383 e. The van der Waals surface area contributed by atoms with E-state index >= 15 is 0 Å². The Labute approximate surface area is 179 Å². The number of hydrogen-bond acceptors (Lipinski definition) is 6. The summed E-state index contributed by atoms with van der Waals surface area (Å²) >= 11 is 1.24. The zero-order valence-corrected chi connectivity index (χ0v) is 17.4. The lowest BCUT2D eigenvalue weighted by Crippen LogP contribution is -2.42. The second-order valence-corrected chi connectivity index (χ2v) is 7.82. The van der Waals surface area contributed by atoms with E-state index in [1.165, 1.54) is 11.8 Å². The van der Waals surface area contributed by atoms with E-state index in [1.54, 1.807) is 12.0 Å². The number of amidine groups is 2. The zero-order valence-electron chi connectivity index (χ0n) is 16.6. The molecule has 0 radical (unpaired) electrons. The van der Waals surface area contributed by atoms with Crippen molar-refractivity contribution in [2.75, 3.05) is 26.0 Å². The fourth-order valence-corrected chi connectivity index (χ4v) is 4.17. The molecule has 1 atom stereocenters. The van der Waals surface area contributed by atoms with Gasteiger partial charge in [-0.3, -0.25) is 14.6 Å². The first-order chi connectivity index (χ1) is 14.7. The van der Waals surface area contributed by atoms with Crippen molar-refractivity contribution in [3.05, 3.63) is 65.7 Å². The highest BCUT2D eigenvalue weighted by Crippen LogP contribution is 2.34. The number of methoxy groups -OCH3 is 1. The monoisotopic (exact) mass is 422 g/mol. The van der Waals surface area contributed by atoms with Crippen LogP contribution < -0.4 is 5.32 Å². The molecule has 0 fully saturated rings. The van der Waals surface area contributed by atoms with E-state index < -0.39 is 6.04 Å². The minimum Gasteiger partial charge on any atom is -0.383 e. The van der Waals surface area contributed by atoms with Gasteiger partial charge in [0.15, 0.2) is 5.17 Å². The van der Waals surface area contributed by atoms with E-state index in [0.29, 0.717) is 30.6 Å². The lowest BCUT2D eigenvalue weighted by Gasteiger charge is -2.25. The summed E-state index contributed by atoms with van der Waals surface area (Å²) in [4.78, 5) is 36.3. The summed E-state index contributed by atoms with van der Waals surface area (Å²) in [5.74, 6) is 0.512. The van der Waals surface area contributed by atoms with Crippen LogP contribution in [0.3, 0.4) is 0 Å². The third-order valence-corrected chi connectivity index (χ3v) is 5.72. The summed E-state index contributed by atoms with van der Waals surface area (Å²) in [6.07, 6.45) is 0.525. The first kappa shape index (κ1) is 20.3. The molecule has 30 heavy (non-hydrogen) atoms. The van der Waals surface area contributed by atoms with E-state index in [1.807, 2.05) is 54.6 Å². The fraction of sp³-hybridized carbons (Fsp3) is 0.273. The smallest absolute Gasteiger partial charge is 0.259 e. The van der Waals surface area contributed by atoms with Crippen LogP contribution in [0.15, 0.2) is 64.6 Å². The number of benzene rings is 2. The van der Waals surface area contributed by atoms with Gasteiger partial charge in [-0.05, 0) is 17.7 Å². The number of amides is 2. The number of aliphatic imine (C=N–C) groups is 2. The minimum absolute atomic E-state index is 0.116. The highest BCUT2D eigenvalue weighted by Gasteiger charge is 2.41. The number of nitrogens with one attached hydrogen (secondary N) is 1. The summed E-state index contributed by atoms with van der Waals surface area (Å²) in [7, 11) is 1.58. The Kier molecular flexibility index (Phi) is 6.25. The molecular formula is C22H22N4O3S. The number of rotatable bonds is 7. The van der Waals surface area contributed by atoms with Crippen molar-refractivity contribution in [2.45, 2.75) is 12.5 Å². The predicted octanol–water partition coefficient (Wildman–Crippen LogP) is 2.38. The van der Waals surface area contributed by atoms with Crippen molar-refractivity contribution >= 4 is 40.3 Å². The van der Waals surface area contributed by atoms with Crippen molar-refractivity contribution in [1.29, 1.82) is 0 Å². The number of hydrogen-bond donors (Lipinski definition) is 1. The van der Waals surface area contributed by atoms with Gasteiger partial charge in [-0.1, -0.05) is 54.2 Å². The van der Waals surface area contributed by atoms with Crippen LogP contribution in [0.2, 0.25) is 0 Å². The molecule has 4 rings (SSSR count). The van der Waals surface area contributed by atoms with Crippen molar-refractivity contribution in [1.82, 2.24) is 10.2 Å². The van der Waals surface area contributed by atoms with E-state index in [9.17, 15) is 9.59 Å². The molecule has 2 aromatic rings. The maximum atomic E-state index is 13.2. The summed E-state index contributed by atoms with van der Waals surface area (Å²) in [5, 5.41) is 3.26. The van der Waals surface area contributed by atoms with E-state index in [0.717, 1.165) is 16.8 Å². The van der Waals surface area contributed by atoms with Gasteiger partial charge < -0.3 is 10.1 Å². The normalized spacial score (nSPS) is 17.2. The van der Waals surface area contributed by atoms with Gasteiger partial charge >= 0.3 is 0 Å². The number of thioether (sulfide) groups is 1. The lowest BCUT2D eigenvalue weighted by atomic mass is 10.1. The van der Waals surface area contributed by atoms with E-state index in [-0.39, 0.29) is 17.6 Å². The maximum Gasteiger partial charge on any atom is 0.259 e. The van der Waals surface area contributed by atoms with Crippen LogP contribution in [0, 0.1) is 0 Å². The highest BCUT2D eigenvalue weighted by molar-refractivity contribution is 8.14. The molecule has 7 nitrogen and oxygen atoms in total. The molecule has 1 N–H and O–H groups in total. The summed E-state index contributed by atoms with van der Waals surface area (Å²) in [6, 6.07) is 17.0. The van der Waals surface area contributed by atoms with Gasteiger partial charge in [-0.25, -0.2) is 9.89 Å². The molecule has 2 aromatic carbocycles. The number of nitrogens with zero attached hydrogens (tertiary/aromatic N) is 3. The van der Waals surface area contributed by atoms with Crippen LogP contribution in [0.5, 0.6) is 0 Å². The topological polar surface area (TPSA) is 83.4 Å². The third-order valence-electron chi connectivity index (χ3n) is 4.78. The Hall–Kier alpha value is -2.97. The fourth-order valence-electron chi connectivity index (χ4n) is 3.34. The number of carbonyl (C=O) groups excluding carboxylic acids is 2. The Balaban J connectivity index is 1.55. The second kappa shape index (κ2) is 9.23. The highest BCUT2D eigenvalue weighted by atomic mass is 32.2.